The van der Waals surface area contributed by atoms with E-state index in [1.807, 2.05) is 0 Å². The Labute approximate surface area is 195 Å². The van der Waals surface area contributed by atoms with E-state index in [4.69, 9.17) is 4.98 Å². The zero-order valence-corrected chi connectivity index (χ0v) is 19.3. The maximum absolute atomic E-state index is 4.74. The third-order valence-corrected chi connectivity index (χ3v) is 6.24. The Kier molecular flexibility index (Phi) is 5.66. The summed E-state index contributed by atoms with van der Waals surface area (Å²) in [4.78, 5) is 9.34. The van der Waals surface area contributed by atoms with Crippen molar-refractivity contribution in [2.45, 2.75) is 33.2 Å². The average Bonchev–Trinajstić information content (AvgIpc) is 3.25. The Morgan fingerprint density at radius 2 is 1.67 bits per heavy atom. The first-order valence-corrected chi connectivity index (χ1v) is 11.5. The predicted octanol–water partition coefficient (Wildman–Crippen LogP) is 7.32. The summed E-state index contributed by atoms with van der Waals surface area (Å²) in [6.07, 6.45) is 2.68. The summed E-state index contributed by atoms with van der Waals surface area (Å²) in [6.45, 7) is 6.51. The first-order chi connectivity index (χ1) is 16.1. The molecule has 0 aliphatic heterocycles. The second-order valence-electron chi connectivity index (χ2n) is 8.49. The fourth-order valence-electron chi connectivity index (χ4n) is 4.40. The summed E-state index contributed by atoms with van der Waals surface area (Å²) in [6, 6.07) is 30.1. The molecule has 0 aliphatic rings. The van der Waals surface area contributed by atoms with Crippen molar-refractivity contribution in [3.8, 4) is 11.3 Å². The standard InChI is InChI=1S/C29H28N4/c1-4-22-13-15-24(16-14-22)27-18-26-28(32-25-12-8-9-20(2)17-25)30-19-31-29(26)33(27)21(3)23-10-6-5-7-11-23/h5-19,21H,4H2,1-3H3,(H,30,31,32). The minimum atomic E-state index is 0.117. The fraction of sp³-hybridized carbons (Fsp3) is 0.172. The van der Waals surface area contributed by atoms with E-state index in [1.54, 1.807) is 6.33 Å². The molecule has 0 amide bonds. The largest absolute Gasteiger partial charge is 0.340 e. The summed E-state index contributed by atoms with van der Waals surface area (Å²) in [7, 11) is 0. The lowest BCUT2D eigenvalue weighted by atomic mass is 10.1. The van der Waals surface area contributed by atoms with Crippen LogP contribution in [0.25, 0.3) is 22.3 Å². The average molecular weight is 433 g/mol. The molecule has 0 aliphatic carbocycles. The molecule has 5 rings (SSSR count). The highest BCUT2D eigenvalue weighted by molar-refractivity contribution is 5.94. The summed E-state index contributed by atoms with van der Waals surface area (Å²) in [5, 5.41) is 4.52. The van der Waals surface area contributed by atoms with Crippen molar-refractivity contribution < 1.29 is 0 Å². The third-order valence-electron chi connectivity index (χ3n) is 6.24. The van der Waals surface area contributed by atoms with Crippen molar-refractivity contribution in [1.82, 2.24) is 14.5 Å². The van der Waals surface area contributed by atoms with E-state index in [1.165, 1.54) is 22.3 Å². The van der Waals surface area contributed by atoms with Gasteiger partial charge in [0.2, 0.25) is 0 Å². The van der Waals surface area contributed by atoms with Crippen molar-refractivity contribution in [1.29, 1.82) is 0 Å². The maximum atomic E-state index is 4.74. The highest BCUT2D eigenvalue weighted by Crippen LogP contribution is 2.36. The monoisotopic (exact) mass is 432 g/mol. The summed E-state index contributed by atoms with van der Waals surface area (Å²) >= 11 is 0. The SMILES string of the molecule is CCc1ccc(-c2cc3c(Nc4cccc(C)c4)ncnc3n2C(C)c2ccccc2)cc1. The van der Waals surface area contributed by atoms with Gasteiger partial charge in [0.15, 0.2) is 0 Å². The molecule has 0 fully saturated rings. The van der Waals surface area contributed by atoms with E-state index in [0.717, 1.165) is 34.7 Å². The Hall–Kier alpha value is -3.92. The Bertz CT molecular complexity index is 1380. The molecule has 0 spiro atoms. The third kappa shape index (κ3) is 4.12. The molecule has 2 aromatic heterocycles. The van der Waals surface area contributed by atoms with E-state index in [9.17, 15) is 0 Å². The smallest absolute Gasteiger partial charge is 0.146 e. The van der Waals surface area contributed by atoms with Gasteiger partial charge >= 0.3 is 0 Å². The molecule has 3 aromatic carbocycles. The molecule has 164 valence electrons. The summed E-state index contributed by atoms with van der Waals surface area (Å²) in [5.41, 5.74) is 8.04. The molecule has 1 atom stereocenters. The van der Waals surface area contributed by atoms with E-state index in [0.29, 0.717) is 0 Å². The molecule has 0 bridgehead atoms. The van der Waals surface area contributed by atoms with Crippen molar-refractivity contribution in [3.63, 3.8) is 0 Å². The van der Waals surface area contributed by atoms with Crippen LogP contribution in [0.4, 0.5) is 11.5 Å². The molecule has 1 N–H and O–H groups in total. The number of nitrogens with zero attached hydrogens (tertiary/aromatic N) is 3. The minimum Gasteiger partial charge on any atom is -0.340 e. The zero-order valence-electron chi connectivity index (χ0n) is 19.3. The quantitative estimate of drug-likeness (QED) is 0.306. The molecule has 2 heterocycles. The van der Waals surface area contributed by atoms with Crippen LogP contribution in [0.3, 0.4) is 0 Å². The van der Waals surface area contributed by atoms with Gasteiger partial charge in [-0.05, 0) is 60.7 Å². The molecule has 33 heavy (non-hydrogen) atoms. The first-order valence-electron chi connectivity index (χ1n) is 11.5. The summed E-state index contributed by atoms with van der Waals surface area (Å²) < 4.78 is 2.33. The number of hydrogen-bond acceptors (Lipinski definition) is 3. The zero-order chi connectivity index (χ0) is 22.8. The second-order valence-corrected chi connectivity index (χ2v) is 8.49. The molecule has 4 heteroatoms. The van der Waals surface area contributed by atoms with Gasteiger partial charge in [-0.15, -0.1) is 0 Å². The number of anilines is 2. The lowest BCUT2D eigenvalue weighted by Crippen LogP contribution is -2.09. The number of rotatable bonds is 6. The van der Waals surface area contributed by atoms with Crippen LogP contribution in [-0.2, 0) is 6.42 Å². The molecular weight excluding hydrogens is 404 g/mol. The molecule has 0 saturated carbocycles. The van der Waals surface area contributed by atoms with Crippen LogP contribution in [-0.4, -0.2) is 14.5 Å². The number of nitrogens with one attached hydrogen (secondary N) is 1. The minimum absolute atomic E-state index is 0.117. The number of aryl methyl sites for hydroxylation is 2. The lowest BCUT2D eigenvalue weighted by Gasteiger charge is -2.19. The Morgan fingerprint density at radius 3 is 2.39 bits per heavy atom. The number of fused-ring (bicyclic) bond motifs is 1. The second kappa shape index (κ2) is 8.91. The number of aromatic nitrogens is 3. The van der Waals surface area contributed by atoms with Gasteiger partial charge in [-0.25, -0.2) is 9.97 Å². The van der Waals surface area contributed by atoms with Gasteiger partial charge in [0.25, 0.3) is 0 Å². The molecule has 0 radical (unpaired) electrons. The van der Waals surface area contributed by atoms with E-state index in [2.05, 4.69) is 121 Å². The van der Waals surface area contributed by atoms with Crippen LogP contribution < -0.4 is 5.32 Å². The van der Waals surface area contributed by atoms with Crippen molar-refractivity contribution in [2.24, 2.45) is 0 Å². The van der Waals surface area contributed by atoms with Crippen molar-refractivity contribution in [2.75, 3.05) is 5.32 Å². The number of hydrogen-bond donors (Lipinski definition) is 1. The molecule has 5 aromatic rings. The topological polar surface area (TPSA) is 42.7 Å². The van der Waals surface area contributed by atoms with Crippen LogP contribution in [0.1, 0.15) is 36.6 Å². The predicted molar refractivity (Wildman–Crippen MR) is 137 cm³/mol. The molecule has 0 saturated heterocycles. The first kappa shape index (κ1) is 21.0. The van der Waals surface area contributed by atoms with Gasteiger partial charge < -0.3 is 9.88 Å². The van der Waals surface area contributed by atoms with Crippen LogP contribution in [0, 0.1) is 6.92 Å². The highest BCUT2D eigenvalue weighted by atomic mass is 15.1. The lowest BCUT2D eigenvalue weighted by molar-refractivity contribution is 0.664. The van der Waals surface area contributed by atoms with Gasteiger partial charge in [0, 0.05) is 5.69 Å². The van der Waals surface area contributed by atoms with E-state index >= 15 is 0 Å². The fourth-order valence-corrected chi connectivity index (χ4v) is 4.40. The van der Waals surface area contributed by atoms with Crippen molar-refractivity contribution >= 4 is 22.5 Å². The van der Waals surface area contributed by atoms with Crippen LogP contribution in [0.2, 0.25) is 0 Å². The molecule has 4 nitrogen and oxygen atoms in total. The maximum Gasteiger partial charge on any atom is 0.146 e. The van der Waals surface area contributed by atoms with Crippen LogP contribution >= 0.6 is 0 Å². The van der Waals surface area contributed by atoms with Gasteiger partial charge in [-0.2, -0.15) is 0 Å². The van der Waals surface area contributed by atoms with E-state index in [-0.39, 0.29) is 6.04 Å². The van der Waals surface area contributed by atoms with Crippen molar-refractivity contribution in [3.05, 3.63) is 108 Å². The highest BCUT2D eigenvalue weighted by Gasteiger charge is 2.20. The Morgan fingerprint density at radius 1 is 0.879 bits per heavy atom. The van der Waals surface area contributed by atoms with Crippen LogP contribution in [0.5, 0.6) is 0 Å². The van der Waals surface area contributed by atoms with Gasteiger partial charge in [0.05, 0.1) is 17.1 Å². The Balaban J connectivity index is 1.69. The van der Waals surface area contributed by atoms with Crippen LogP contribution in [0.15, 0.2) is 91.3 Å². The van der Waals surface area contributed by atoms with Gasteiger partial charge in [0.1, 0.15) is 17.8 Å². The normalized spacial score (nSPS) is 12.1. The molecule has 1 unspecified atom stereocenters. The number of benzene rings is 3. The molecular formula is C29H28N4. The van der Waals surface area contributed by atoms with E-state index < -0.39 is 0 Å². The summed E-state index contributed by atoms with van der Waals surface area (Å²) in [5.74, 6) is 0.816. The van der Waals surface area contributed by atoms with Gasteiger partial charge in [-0.1, -0.05) is 73.7 Å². The van der Waals surface area contributed by atoms with Gasteiger partial charge in [-0.3, -0.25) is 0 Å².